The lowest BCUT2D eigenvalue weighted by Crippen LogP contribution is -2.12. The van der Waals surface area contributed by atoms with E-state index < -0.39 is 0 Å². The molecule has 0 unspecified atom stereocenters. The third-order valence-electron chi connectivity index (χ3n) is 1.60. The molecule has 1 rings (SSSR count). The van der Waals surface area contributed by atoms with Crippen molar-refractivity contribution in [3.8, 4) is 0 Å². The molecular formula is C8H12N4S. The fourth-order valence-corrected chi connectivity index (χ4v) is 1.08. The molecule has 0 bridgehead atoms. The summed E-state index contributed by atoms with van der Waals surface area (Å²) in [4.78, 5) is 8.34. The van der Waals surface area contributed by atoms with E-state index in [0.29, 0.717) is 6.54 Å². The minimum atomic E-state index is 0.653. The first-order valence-corrected chi connectivity index (χ1v) is 4.42. The van der Waals surface area contributed by atoms with Crippen LogP contribution in [0.2, 0.25) is 0 Å². The molecule has 0 spiro atoms. The van der Waals surface area contributed by atoms with Gasteiger partial charge in [0.15, 0.2) is 0 Å². The van der Waals surface area contributed by atoms with Crippen molar-refractivity contribution in [2.24, 2.45) is 0 Å². The van der Waals surface area contributed by atoms with Gasteiger partial charge in [-0.2, -0.15) is 0 Å². The maximum atomic E-state index is 4.66. The Balaban J connectivity index is 2.85. The first kappa shape index (κ1) is 9.85. The summed E-state index contributed by atoms with van der Waals surface area (Å²) < 4.78 is 0. The number of rotatable bonds is 4. The molecular weight excluding hydrogens is 184 g/mol. The summed E-state index contributed by atoms with van der Waals surface area (Å²) >= 11 is 4.66. The Morgan fingerprint density at radius 3 is 3.00 bits per heavy atom. The quantitative estimate of drug-likeness (QED) is 0.700. The average molecular weight is 196 g/mol. The minimum absolute atomic E-state index is 0.653. The van der Waals surface area contributed by atoms with Gasteiger partial charge in [-0.05, 0) is 6.92 Å². The maximum Gasteiger partial charge on any atom is 0.134 e. The number of nitrogens with zero attached hydrogens (tertiary/aromatic N) is 2. The van der Waals surface area contributed by atoms with Crippen LogP contribution in [0.15, 0.2) is 6.20 Å². The van der Waals surface area contributed by atoms with E-state index in [1.54, 1.807) is 6.20 Å². The highest BCUT2D eigenvalue weighted by molar-refractivity contribution is 7.78. The van der Waals surface area contributed by atoms with E-state index in [4.69, 9.17) is 0 Å². The molecule has 0 aliphatic heterocycles. The second-order valence-electron chi connectivity index (χ2n) is 2.54. The number of hydrogen-bond donors (Lipinski definition) is 2. The van der Waals surface area contributed by atoms with Gasteiger partial charge in [-0.25, -0.2) is 9.97 Å². The van der Waals surface area contributed by atoms with Crippen LogP contribution in [0.3, 0.4) is 0 Å². The summed E-state index contributed by atoms with van der Waals surface area (Å²) in [6, 6.07) is 0. The molecule has 0 saturated carbocycles. The van der Waals surface area contributed by atoms with Gasteiger partial charge in [0.25, 0.3) is 0 Å². The topological polar surface area (TPSA) is 49.8 Å². The lowest BCUT2D eigenvalue weighted by atomic mass is 10.3. The standard InChI is InChI=1S/C8H12N4S/c1-6-11-4-7(3-10-5-13)8(9-2)12-6/h4-5H,3H2,1-2H3,(H,10,13)(H,9,11,12). The number of anilines is 1. The van der Waals surface area contributed by atoms with Gasteiger partial charge in [-0.3, -0.25) is 0 Å². The van der Waals surface area contributed by atoms with Crippen molar-refractivity contribution in [1.29, 1.82) is 0 Å². The van der Waals surface area contributed by atoms with Crippen LogP contribution in [0.25, 0.3) is 0 Å². The molecule has 1 aromatic heterocycles. The van der Waals surface area contributed by atoms with Crippen LogP contribution < -0.4 is 10.6 Å². The van der Waals surface area contributed by atoms with Crippen LogP contribution in [0.5, 0.6) is 0 Å². The highest BCUT2D eigenvalue weighted by Gasteiger charge is 2.01. The van der Waals surface area contributed by atoms with Gasteiger partial charge in [0, 0.05) is 25.4 Å². The fraction of sp³-hybridized carbons (Fsp3) is 0.375. The molecule has 1 aromatic rings. The SMILES string of the molecule is CNc1nc(C)ncc1CNC=S. The smallest absolute Gasteiger partial charge is 0.134 e. The van der Waals surface area contributed by atoms with Crippen LogP contribution >= 0.6 is 12.2 Å². The van der Waals surface area contributed by atoms with Crippen molar-refractivity contribution in [2.75, 3.05) is 12.4 Å². The first-order chi connectivity index (χ1) is 6.27. The Kier molecular flexibility index (Phi) is 3.57. The van der Waals surface area contributed by atoms with Crippen molar-refractivity contribution in [2.45, 2.75) is 13.5 Å². The molecule has 5 heteroatoms. The minimum Gasteiger partial charge on any atom is -0.378 e. The van der Waals surface area contributed by atoms with Crippen LogP contribution in [-0.2, 0) is 6.54 Å². The molecule has 70 valence electrons. The molecule has 4 nitrogen and oxygen atoms in total. The van der Waals surface area contributed by atoms with E-state index in [1.807, 2.05) is 14.0 Å². The van der Waals surface area contributed by atoms with Gasteiger partial charge in [-0.1, -0.05) is 12.2 Å². The zero-order chi connectivity index (χ0) is 9.68. The Labute approximate surface area is 82.8 Å². The lowest BCUT2D eigenvalue weighted by molar-refractivity contribution is 0.905. The Morgan fingerprint density at radius 1 is 1.62 bits per heavy atom. The summed E-state index contributed by atoms with van der Waals surface area (Å²) in [5.41, 5.74) is 2.49. The maximum absolute atomic E-state index is 4.66. The number of aryl methyl sites for hydroxylation is 1. The number of hydrogen-bond acceptors (Lipinski definition) is 4. The van der Waals surface area contributed by atoms with Crippen LogP contribution in [0.1, 0.15) is 11.4 Å². The Morgan fingerprint density at radius 2 is 2.38 bits per heavy atom. The zero-order valence-electron chi connectivity index (χ0n) is 7.66. The number of aromatic nitrogens is 2. The summed E-state index contributed by atoms with van der Waals surface area (Å²) in [6.07, 6.45) is 1.79. The summed E-state index contributed by atoms with van der Waals surface area (Å²) in [5.74, 6) is 1.60. The van der Waals surface area contributed by atoms with E-state index in [2.05, 4.69) is 32.8 Å². The normalized spacial score (nSPS) is 9.38. The predicted molar refractivity (Wildman–Crippen MR) is 56.8 cm³/mol. The molecule has 0 aromatic carbocycles. The Bertz CT molecular complexity index is 300. The van der Waals surface area contributed by atoms with Crippen LogP contribution in [0, 0.1) is 6.92 Å². The van der Waals surface area contributed by atoms with Gasteiger partial charge < -0.3 is 10.6 Å². The third kappa shape index (κ3) is 2.62. The van der Waals surface area contributed by atoms with E-state index in [1.165, 1.54) is 5.49 Å². The van der Waals surface area contributed by atoms with Crippen molar-refractivity contribution in [3.05, 3.63) is 17.6 Å². The molecule has 13 heavy (non-hydrogen) atoms. The first-order valence-electron chi connectivity index (χ1n) is 3.95. The van der Waals surface area contributed by atoms with E-state index >= 15 is 0 Å². The molecule has 0 radical (unpaired) electrons. The Hall–Kier alpha value is -1.23. The summed E-state index contributed by atoms with van der Waals surface area (Å²) in [6.45, 7) is 2.51. The van der Waals surface area contributed by atoms with E-state index in [0.717, 1.165) is 17.2 Å². The largest absolute Gasteiger partial charge is 0.378 e. The van der Waals surface area contributed by atoms with Crippen molar-refractivity contribution in [1.82, 2.24) is 15.3 Å². The number of thiocarbonyl (C=S) groups is 1. The van der Waals surface area contributed by atoms with Crippen molar-refractivity contribution >= 4 is 23.5 Å². The van der Waals surface area contributed by atoms with Gasteiger partial charge in [0.1, 0.15) is 11.6 Å². The van der Waals surface area contributed by atoms with E-state index in [9.17, 15) is 0 Å². The summed E-state index contributed by atoms with van der Waals surface area (Å²) in [5, 5.41) is 5.93. The molecule has 0 atom stereocenters. The second-order valence-corrected chi connectivity index (χ2v) is 2.78. The van der Waals surface area contributed by atoms with Gasteiger partial charge >= 0.3 is 0 Å². The average Bonchev–Trinajstić information content (AvgIpc) is 2.16. The van der Waals surface area contributed by atoms with Crippen molar-refractivity contribution in [3.63, 3.8) is 0 Å². The van der Waals surface area contributed by atoms with Gasteiger partial charge in [0.2, 0.25) is 0 Å². The van der Waals surface area contributed by atoms with Gasteiger partial charge in [-0.15, -0.1) is 0 Å². The van der Waals surface area contributed by atoms with Gasteiger partial charge in [0.05, 0.1) is 5.49 Å². The fourth-order valence-electron chi connectivity index (χ4n) is 0.992. The third-order valence-corrected chi connectivity index (χ3v) is 1.76. The zero-order valence-corrected chi connectivity index (χ0v) is 8.48. The molecule has 0 amide bonds. The molecule has 0 saturated heterocycles. The second kappa shape index (κ2) is 4.71. The molecule has 0 aliphatic carbocycles. The van der Waals surface area contributed by atoms with Crippen LogP contribution in [0.4, 0.5) is 5.82 Å². The predicted octanol–water partition coefficient (Wildman–Crippen LogP) is 0.874. The monoisotopic (exact) mass is 196 g/mol. The molecule has 0 aliphatic rings. The highest BCUT2D eigenvalue weighted by atomic mass is 32.1. The lowest BCUT2D eigenvalue weighted by Gasteiger charge is -2.07. The van der Waals surface area contributed by atoms with Crippen LogP contribution in [-0.4, -0.2) is 22.5 Å². The molecule has 0 fully saturated rings. The number of nitrogens with one attached hydrogen (secondary N) is 2. The summed E-state index contributed by atoms with van der Waals surface area (Å²) in [7, 11) is 1.84. The highest BCUT2D eigenvalue weighted by Crippen LogP contribution is 2.09. The van der Waals surface area contributed by atoms with E-state index in [-0.39, 0.29) is 0 Å². The van der Waals surface area contributed by atoms with Crippen molar-refractivity contribution < 1.29 is 0 Å². The molecule has 2 N–H and O–H groups in total. The molecule has 1 heterocycles.